The number of rotatable bonds is 20. The lowest BCUT2D eigenvalue weighted by atomic mass is 9.96. The second kappa shape index (κ2) is 18.3. The summed E-state index contributed by atoms with van der Waals surface area (Å²) >= 11 is 0. The Kier molecular flexibility index (Phi) is 13.3. The zero-order valence-electron chi connectivity index (χ0n) is 31.5. The summed E-state index contributed by atoms with van der Waals surface area (Å²) in [5, 5.41) is 78.6. The number of allylic oxidation sites excluding steroid dienone is 2. The normalized spacial score (nSPS) is 12.4. The molecule has 20 nitrogen and oxygen atoms in total. The van der Waals surface area contributed by atoms with E-state index in [4.69, 9.17) is 0 Å². The third kappa shape index (κ3) is 10.4. The maximum Gasteiger partial charge on any atom is 0.307 e. The lowest BCUT2D eigenvalue weighted by Crippen LogP contribution is -2.04. The molecule has 60 heavy (non-hydrogen) atoms. The first-order valence-electron chi connectivity index (χ1n) is 18.3. The molecule has 0 fully saturated rings. The number of carbonyl (C=O) groups is 8. The number of H-pyrrole nitrogens is 2. The molecule has 0 unspecified atom stereocenters. The molecule has 0 saturated carbocycles. The van der Waals surface area contributed by atoms with Gasteiger partial charge in [-0.05, 0) is 94.5 Å². The first kappa shape index (κ1) is 43.5. The molecule has 3 aromatic heterocycles. The number of hydrogen-bond acceptors (Lipinski definition) is 10. The molecule has 0 atom stereocenters. The molecular formula is C40H38N4O16. The lowest BCUT2D eigenvalue weighted by molar-refractivity contribution is -0.138. The molecule has 0 radical (unpaired) electrons. The molecule has 314 valence electrons. The SMILES string of the molecule is O=C(O)CCC1=C(CC(=O)O)c2cc3[nH]c(cc4nc(cc5[nH]c(cc1n2)c(CC(=O)O)c5CCC(=O)O)C(CCC(=O)O)=C4CC(=O)O)c(CC(=O)O)c3CCC(=O)O. The molecule has 2 aliphatic rings. The van der Waals surface area contributed by atoms with E-state index < -0.39 is 99.1 Å². The summed E-state index contributed by atoms with van der Waals surface area (Å²) in [6, 6.07) is 5.39. The fraction of sp³-hybridized carbons (Fsp3) is 0.300. The van der Waals surface area contributed by atoms with Crippen LogP contribution in [0, 0.1) is 0 Å². The van der Waals surface area contributed by atoms with Crippen LogP contribution in [0.3, 0.4) is 0 Å². The molecule has 3 aromatic rings. The van der Waals surface area contributed by atoms with E-state index in [2.05, 4.69) is 19.9 Å². The van der Waals surface area contributed by atoms with E-state index in [1.807, 2.05) is 0 Å². The highest BCUT2D eigenvalue weighted by Gasteiger charge is 2.27. The highest BCUT2D eigenvalue weighted by Crippen LogP contribution is 2.40. The third-order valence-electron chi connectivity index (χ3n) is 9.81. The van der Waals surface area contributed by atoms with E-state index >= 15 is 0 Å². The maximum absolute atomic E-state index is 12.3. The van der Waals surface area contributed by atoms with Crippen LogP contribution < -0.4 is 0 Å². The molecule has 5 heterocycles. The van der Waals surface area contributed by atoms with E-state index in [1.54, 1.807) is 0 Å². The number of nitrogens with one attached hydrogen (secondary N) is 2. The summed E-state index contributed by atoms with van der Waals surface area (Å²) in [7, 11) is 0. The molecule has 0 aliphatic carbocycles. The summed E-state index contributed by atoms with van der Waals surface area (Å²) in [5.74, 6) is -10.3. The van der Waals surface area contributed by atoms with Gasteiger partial charge in [0, 0.05) is 47.8 Å². The molecule has 0 spiro atoms. The van der Waals surface area contributed by atoms with Gasteiger partial charge in [-0.25, -0.2) is 9.97 Å². The van der Waals surface area contributed by atoms with Crippen LogP contribution in [0.1, 0.15) is 96.4 Å². The Morgan fingerprint density at radius 1 is 0.350 bits per heavy atom. The van der Waals surface area contributed by atoms with Crippen molar-refractivity contribution in [2.45, 2.75) is 77.0 Å². The van der Waals surface area contributed by atoms with E-state index in [-0.39, 0.29) is 115 Å². The van der Waals surface area contributed by atoms with Gasteiger partial charge in [0.2, 0.25) is 0 Å². The van der Waals surface area contributed by atoms with E-state index in [1.165, 1.54) is 24.3 Å². The number of carboxylic acids is 8. The van der Waals surface area contributed by atoms with E-state index in [0.29, 0.717) is 0 Å². The van der Waals surface area contributed by atoms with Crippen molar-refractivity contribution in [3.63, 3.8) is 0 Å². The van der Waals surface area contributed by atoms with Crippen LogP contribution in [0.5, 0.6) is 0 Å². The molecule has 10 N–H and O–H groups in total. The summed E-state index contributed by atoms with van der Waals surface area (Å²) in [4.78, 5) is 112. The smallest absolute Gasteiger partial charge is 0.307 e. The van der Waals surface area contributed by atoms with Gasteiger partial charge in [-0.3, -0.25) is 38.4 Å². The largest absolute Gasteiger partial charge is 0.481 e. The number of aromatic amines is 2. The topological polar surface area (TPSA) is 356 Å². The molecule has 8 bridgehead atoms. The van der Waals surface area contributed by atoms with Crippen LogP contribution >= 0.6 is 0 Å². The predicted octanol–water partition coefficient (Wildman–Crippen LogP) is 4.10. The van der Waals surface area contributed by atoms with Crippen LogP contribution in [0.4, 0.5) is 0 Å². The van der Waals surface area contributed by atoms with Gasteiger partial charge >= 0.3 is 47.8 Å². The number of aliphatic carboxylic acids is 8. The van der Waals surface area contributed by atoms with Gasteiger partial charge in [-0.2, -0.15) is 0 Å². The molecule has 2 aliphatic heterocycles. The predicted molar refractivity (Wildman–Crippen MR) is 207 cm³/mol. The Balaban J connectivity index is 2.09. The maximum atomic E-state index is 12.3. The Hall–Kier alpha value is -7.64. The quantitative estimate of drug-likeness (QED) is 0.0766. The van der Waals surface area contributed by atoms with Gasteiger partial charge in [0.05, 0.1) is 48.5 Å². The Labute approximate surface area is 337 Å². The average molecular weight is 831 g/mol. The fourth-order valence-corrected chi connectivity index (χ4v) is 7.37. The van der Waals surface area contributed by atoms with Gasteiger partial charge in [0.1, 0.15) is 0 Å². The monoisotopic (exact) mass is 830 g/mol. The summed E-state index contributed by atoms with van der Waals surface area (Å²) < 4.78 is 0. The van der Waals surface area contributed by atoms with Crippen molar-refractivity contribution in [3.8, 4) is 0 Å². The Bertz CT molecular complexity index is 2590. The standard InChI is InChI=1S/C40H38N4O16/c45-33(46)5-1-17-21(9-37(53)54)29-14-27-19(3-7-35(49)50)22(10-38(55)56)30(43-27)15-28-20(4-8-36(51)52)24(12-40(59)60)32(44-28)16-31-23(11-39(57)58)18(2-6-34(47)48)26(42-31)13-25(17)41-29/h13-16,41,44H,1-12H2,(H,45,46)(H,47,48)(H,49,50)(H,51,52)(H,53,54)(H,55,56)(H,57,58)(H,59,60). The Morgan fingerprint density at radius 3 is 0.900 bits per heavy atom. The van der Waals surface area contributed by atoms with Crippen molar-refractivity contribution in [1.82, 2.24) is 19.9 Å². The number of carboxylic acid groups (broad SMARTS) is 8. The molecule has 20 heteroatoms. The van der Waals surface area contributed by atoms with Crippen LogP contribution in [0.15, 0.2) is 24.3 Å². The zero-order chi connectivity index (χ0) is 44.0. The van der Waals surface area contributed by atoms with Crippen LogP contribution in [-0.2, 0) is 64.0 Å². The van der Waals surface area contributed by atoms with Gasteiger partial charge < -0.3 is 50.8 Å². The minimum Gasteiger partial charge on any atom is -0.481 e. The molecular weight excluding hydrogens is 792 g/mol. The van der Waals surface area contributed by atoms with Crippen LogP contribution in [0.25, 0.3) is 44.4 Å². The van der Waals surface area contributed by atoms with Gasteiger partial charge in [0.25, 0.3) is 0 Å². The highest BCUT2D eigenvalue weighted by molar-refractivity contribution is 6.02. The van der Waals surface area contributed by atoms with E-state index in [9.17, 15) is 79.2 Å². The fourth-order valence-electron chi connectivity index (χ4n) is 7.37. The van der Waals surface area contributed by atoms with Gasteiger partial charge in [-0.1, -0.05) is 0 Å². The summed E-state index contributed by atoms with van der Waals surface area (Å²) in [6.45, 7) is 0. The minimum atomic E-state index is -1.34. The van der Waals surface area contributed by atoms with Crippen molar-refractivity contribution in [1.29, 1.82) is 0 Å². The first-order chi connectivity index (χ1) is 28.3. The van der Waals surface area contributed by atoms with Crippen molar-refractivity contribution < 1.29 is 79.2 Å². The van der Waals surface area contributed by atoms with Crippen molar-refractivity contribution in [2.75, 3.05) is 0 Å². The second-order valence-corrected chi connectivity index (χ2v) is 13.9. The Morgan fingerprint density at radius 2 is 0.617 bits per heavy atom. The van der Waals surface area contributed by atoms with Gasteiger partial charge in [0.15, 0.2) is 0 Å². The lowest BCUT2D eigenvalue weighted by Gasteiger charge is -2.06. The van der Waals surface area contributed by atoms with Gasteiger partial charge in [-0.15, -0.1) is 0 Å². The number of fused-ring (bicyclic) bond motifs is 8. The summed E-state index contributed by atoms with van der Waals surface area (Å²) in [6.07, 6.45) is -5.73. The zero-order valence-corrected chi connectivity index (χ0v) is 31.5. The summed E-state index contributed by atoms with van der Waals surface area (Å²) in [5.41, 5.74) is 1.10. The second-order valence-electron chi connectivity index (χ2n) is 13.9. The van der Waals surface area contributed by atoms with Crippen LogP contribution in [0.2, 0.25) is 0 Å². The van der Waals surface area contributed by atoms with Crippen LogP contribution in [-0.4, -0.2) is 109 Å². The van der Waals surface area contributed by atoms with Crippen molar-refractivity contribution in [3.05, 3.63) is 69.3 Å². The molecule has 0 aromatic carbocycles. The number of aryl methyl sites for hydroxylation is 2. The molecule has 0 saturated heterocycles. The first-order valence-corrected chi connectivity index (χ1v) is 18.3. The number of nitrogens with zero attached hydrogens (tertiary/aromatic N) is 2. The third-order valence-corrected chi connectivity index (χ3v) is 9.81. The average Bonchev–Trinajstić information content (AvgIpc) is 3.81. The van der Waals surface area contributed by atoms with Crippen molar-refractivity contribution >= 4 is 92.1 Å². The van der Waals surface area contributed by atoms with E-state index in [0.717, 1.165) is 0 Å². The number of aromatic nitrogens is 4. The minimum absolute atomic E-state index is 0.00543. The highest BCUT2D eigenvalue weighted by atomic mass is 16.4. The number of hydrogen-bond donors (Lipinski definition) is 10. The molecule has 0 amide bonds. The van der Waals surface area contributed by atoms with Crippen molar-refractivity contribution in [2.24, 2.45) is 0 Å². The molecule has 5 rings (SSSR count).